The van der Waals surface area contributed by atoms with Gasteiger partial charge in [0.25, 0.3) is 30.4 Å². The average molecular weight is 892 g/mol. The number of fused-ring (bicyclic) bond motifs is 2. The quantitative estimate of drug-likeness (QED) is 0.0424. The largest absolute Gasteiger partial charge is 0.481 e. The molecule has 1 aliphatic heterocycles. The first-order chi connectivity index (χ1) is 27.9. The van der Waals surface area contributed by atoms with E-state index in [1.54, 1.807) is 24.3 Å². The maximum Gasteiger partial charge on any atom is 0.303 e. The normalized spacial score (nSPS) is 20.0. The highest BCUT2D eigenvalue weighted by Crippen LogP contribution is 2.51. The van der Waals surface area contributed by atoms with Gasteiger partial charge in [-0.15, -0.1) is 0 Å². The molecular weight excluding hydrogens is 835 g/mol. The van der Waals surface area contributed by atoms with Crippen LogP contribution in [-0.4, -0.2) is 73.4 Å². The van der Waals surface area contributed by atoms with Gasteiger partial charge in [0, 0.05) is 41.6 Å². The highest BCUT2D eigenvalue weighted by Gasteiger charge is 2.43. The highest BCUT2D eigenvalue weighted by molar-refractivity contribution is 7.86. The minimum absolute atomic E-state index is 0.00288. The molecule has 2 aliphatic rings. The molecule has 1 aliphatic carbocycles. The van der Waals surface area contributed by atoms with Crippen LogP contribution in [0.25, 0.3) is 0 Å². The number of allylic oxidation sites excluding steroid dienone is 8. The zero-order valence-corrected chi connectivity index (χ0v) is 36.7. The van der Waals surface area contributed by atoms with Crippen molar-refractivity contribution in [2.24, 2.45) is 0 Å². The molecule has 0 bridgehead atoms. The van der Waals surface area contributed by atoms with E-state index < -0.39 is 58.9 Å². The van der Waals surface area contributed by atoms with Gasteiger partial charge in [-0.2, -0.15) is 25.3 Å². The summed E-state index contributed by atoms with van der Waals surface area (Å²) in [6, 6.07) is 8.94. The van der Waals surface area contributed by atoms with E-state index in [0.29, 0.717) is 55.5 Å². The number of unbranched alkanes of at least 4 members (excludes halogenated alkanes) is 5. The van der Waals surface area contributed by atoms with Crippen LogP contribution >= 0.6 is 0 Å². The molecule has 17 heteroatoms. The average Bonchev–Trinajstić information content (AvgIpc) is 3.30. The number of rotatable bonds is 22. The maximum absolute atomic E-state index is 12.2. The molecule has 2 unspecified atom stereocenters. The molecule has 2 aromatic rings. The van der Waals surface area contributed by atoms with Crippen molar-refractivity contribution in [3.05, 3.63) is 101 Å². The third kappa shape index (κ3) is 12.9. The zero-order chi connectivity index (χ0) is 44.5. The van der Waals surface area contributed by atoms with Crippen molar-refractivity contribution in [2.75, 3.05) is 17.2 Å². The first-order valence-corrected chi connectivity index (χ1v) is 24.6. The summed E-state index contributed by atoms with van der Waals surface area (Å²) in [4.78, 5) is 23.4. The zero-order valence-electron chi connectivity index (χ0n) is 34.3. The predicted octanol–water partition coefficient (Wildman–Crippen LogP) is 8.38. The Kier molecular flexibility index (Phi) is 16.3. The van der Waals surface area contributed by atoms with Gasteiger partial charge in [0.05, 0.1) is 15.5 Å². The molecule has 60 heavy (non-hydrogen) atoms. The first kappa shape index (κ1) is 48.5. The molecule has 0 saturated heterocycles. The summed E-state index contributed by atoms with van der Waals surface area (Å²) in [7, 11) is -13.3. The molecule has 0 aromatic heterocycles. The number of benzene rings is 2. The van der Waals surface area contributed by atoms with Crippen molar-refractivity contribution in [3.8, 4) is 0 Å². The van der Waals surface area contributed by atoms with E-state index >= 15 is 0 Å². The number of anilines is 1. The fourth-order valence-corrected chi connectivity index (χ4v) is 9.88. The number of nitrogens with zero attached hydrogens (tertiary/aromatic N) is 1. The second kappa shape index (κ2) is 20.2. The van der Waals surface area contributed by atoms with Crippen molar-refractivity contribution in [2.45, 2.75) is 131 Å². The molecule has 0 radical (unpaired) electrons. The Morgan fingerprint density at radius 2 is 1.32 bits per heavy atom. The molecule has 4 rings (SSSR count). The van der Waals surface area contributed by atoms with Gasteiger partial charge in [0.2, 0.25) is 0 Å². The lowest BCUT2D eigenvalue weighted by Gasteiger charge is -2.30. The molecule has 0 spiro atoms. The molecule has 0 amide bonds. The summed E-state index contributed by atoms with van der Waals surface area (Å²) in [6.07, 6.45) is 18.1. The molecule has 0 fully saturated rings. The van der Waals surface area contributed by atoms with E-state index in [-0.39, 0.29) is 41.5 Å². The number of carboxylic acids is 2. The van der Waals surface area contributed by atoms with Gasteiger partial charge in [0.1, 0.15) is 0 Å². The lowest BCUT2D eigenvalue weighted by atomic mass is 9.75. The first-order valence-electron chi connectivity index (χ1n) is 20.1. The molecule has 330 valence electrons. The lowest BCUT2D eigenvalue weighted by Crippen LogP contribution is -2.30. The number of hydrogen-bond donors (Lipinski definition) is 5. The van der Waals surface area contributed by atoms with Crippen LogP contribution in [0.4, 0.5) is 5.69 Å². The summed E-state index contributed by atoms with van der Waals surface area (Å²) in [5.41, 5.74) is 3.00. The molecular formula is C43H57NO13S3. The second-order valence-electron chi connectivity index (χ2n) is 16.3. The fraction of sp³-hybridized carbons (Fsp3) is 0.488. The van der Waals surface area contributed by atoms with Gasteiger partial charge in [-0.25, -0.2) is 0 Å². The summed E-state index contributed by atoms with van der Waals surface area (Å²) in [5, 5.41) is 18.1. The highest BCUT2D eigenvalue weighted by atomic mass is 32.2. The SMILES string of the molecule is CC1(C)C(/C=C/C=C/C=C2\N(CCCS(=O)(=O)O)c3ccc(S(=O)(=O)O)cc3C2(C)CCCCCC(=O)O)=CCC(CCCCCCC(=O)O)c2ccc(S(=O)(=O)O)cc21. The smallest absolute Gasteiger partial charge is 0.303 e. The molecule has 2 atom stereocenters. The van der Waals surface area contributed by atoms with Crippen LogP contribution in [-0.2, 0) is 50.8 Å². The van der Waals surface area contributed by atoms with E-state index in [4.69, 9.17) is 10.2 Å². The van der Waals surface area contributed by atoms with Crippen molar-refractivity contribution in [1.29, 1.82) is 0 Å². The van der Waals surface area contributed by atoms with Gasteiger partial charge in [-0.1, -0.05) is 82.4 Å². The Bertz CT molecular complexity index is 2360. The monoisotopic (exact) mass is 891 g/mol. The summed E-state index contributed by atoms with van der Waals surface area (Å²) >= 11 is 0. The van der Waals surface area contributed by atoms with Crippen LogP contribution < -0.4 is 4.90 Å². The molecule has 5 N–H and O–H groups in total. The van der Waals surface area contributed by atoms with Crippen LogP contribution in [0.15, 0.2) is 93.9 Å². The summed E-state index contributed by atoms with van der Waals surface area (Å²) in [6.45, 7) is 6.04. The van der Waals surface area contributed by atoms with Crippen molar-refractivity contribution >= 4 is 48.0 Å². The number of carbonyl (C=O) groups is 2. The van der Waals surface area contributed by atoms with Crippen LogP contribution in [0, 0.1) is 0 Å². The Balaban J connectivity index is 1.70. The second-order valence-corrected chi connectivity index (χ2v) is 20.7. The van der Waals surface area contributed by atoms with E-state index in [9.17, 15) is 48.5 Å². The number of carboxylic acid groups (broad SMARTS) is 2. The Hall–Kier alpha value is -4.13. The van der Waals surface area contributed by atoms with Gasteiger partial charge in [-0.3, -0.25) is 23.2 Å². The van der Waals surface area contributed by atoms with Crippen molar-refractivity contribution in [3.63, 3.8) is 0 Å². The van der Waals surface area contributed by atoms with Gasteiger partial charge >= 0.3 is 11.9 Å². The minimum Gasteiger partial charge on any atom is -0.481 e. The van der Waals surface area contributed by atoms with Crippen LogP contribution in [0.2, 0.25) is 0 Å². The minimum atomic E-state index is -4.58. The van der Waals surface area contributed by atoms with Crippen LogP contribution in [0.3, 0.4) is 0 Å². The number of hydrogen-bond acceptors (Lipinski definition) is 9. The van der Waals surface area contributed by atoms with E-state index in [2.05, 4.69) is 6.08 Å². The van der Waals surface area contributed by atoms with Crippen molar-refractivity contribution < 1.29 is 58.7 Å². The van der Waals surface area contributed by atoms with Crippen LogP contribution in [0.5, 0.6) is 0 Å². The molecule has 2 aromatic carbocycles. The Morgan fingerprint density at radius 3 is 1.92 bits per heavy atom. The van der Waals surface area contributed by atoms with E-state index in [1.165, 1.54) is 24.3 Å². The lowest BCUT2D eigenvalue weighted by molar-refractivity contribution is -0.138. The standard InChI is InChI=1S/C43H57NO13S3/c1-42(2)32(21-20-31(15-8-4-5-11-18-40(45)46)35-24-22-33(29-36(35)42)59(52,53)54)16-9-6-10-17-39-43(3,26-13-7-12-19-41(47)48)37-30-34(60(55,56)57)23-25-38(37)44(39)27-14-28-58(49,50)51/h6,9-10,16-17,21-25,29-31H,4-5,7-8,11-15,18-20,26-28H2,1-3H3,(H,45,46)(H,47,48)(H,49,50,51)(H,52,53,54)(H,55,56,57)/b10-6+,16-9+,39-17-. The summed E-state index contributed by atoms with van der Waals surface area (Å²) < 4.78 is 102. The summed E-state index contributed by atoms with van der Waals surface area (Å²) in [5.74, 6) is -2.18. The van der Waals surface area contributed by atoms with E-state index in [1.807, 2.05) is 43.9 Å². The number of aliphatic carboxylic acids is 2. The molecule has 0 saturated carbocycles. The molecule has 14 nitrogen and oxygen atoms in total. The topological polar surface area (TPSA) is 241 Å². The third-order valence-corrected chi connectivity index (χ3v) is 14.1. The van der Waals surface area contributed by atoms with Gasteiger partial charge in [0.15, 0.2) is 0 Å². The van der Waals surface area contributed by atoms with Gasteiger partial charge in [-0.05, 0) is 110 Å². The van der Waals surface area contributed by atoms with E-state index in [0.717, 1.165) is 42.4 Å². The molecule has 1 heterocycles. The third-order valence-electron chi connectivity index (χ3n) is 11.6. The predicted molar refractivity (Wildman–Crippen MR) is 229 cm³/mol. The maximum atomic E-state index is 12.2. The Labute approximate surface area is 354 Å². The van der Waals surface area contributed by atoms with Crippen LogP contribution in [0.1, 0.15) is 127 Å². The van der Waals surface area contributed by atoms with Gasteiger partial charge < -0.3 is 15.1 Å². The van der Waals surface area contributed by atoms with Crippen molar-refractivity contribution in [1.82, 2.24) is 0 Å². The Morgan fingerprint density at radius 1 is 0.733 bits per heavy atom. The fourth-order valence-electron chi connectivity index (χ4n) is 8.37.